The number of rotatable bonds is 6. The Morgan fingerprint density at radius 2 is 1.96 bits per heavy atom. The number of aromatic nitrogens is 4. The quantitative estimate of drug-likeness (QED) is 0.481. The lowest BCUT2D eigenvalue weighted by molar-refractivity contribution is 0.290. The van der Waals surface area contributed by atoms with E-state index in [9.17, 15) is 4.79 Å². The zero-order chi connectivity index (χ0) is 19.5. The first-order chi connectivity index (χ1) is 13.6. The summed E-state index contributed by atoms with van der Waals surface area (Å²) in [4.78, 5) is 15.6. The van der Waals surface area contributed by atoms with E-state index in [1.165, 1.54) is 11.8 Å². The van der Waals surface area contributed by atoms with Gasteiger partial charge in [0.15, 0.2) is 16.4 Å². The number of thioether (sulfide) groups is 1. The Morgan fingerprint density at radius 1 is 1.14 bits per heavy atom. The molecule has 0 unspecified atom stereocenters. The molecular formula is C20H17ClN4O2S. The lowest BCUT2D eigenvalue weighted by Gasteiger charge is -2.07. The number of aromatic amines is 1. The maximum absolute atomic E-state index is 12.3. The molecule has 28 heavy (non-hydrogen) atoms. The number of pyridine rings is 1. The second-order valence-corrected chi connectivity index (χ2v) is 7.58. The van der Waals surface area contributed by atoms with Crippen molar-refractivity contribution in [2.75, 3.05) is 0 Å². The van der Waals surface area contributed by atoms with E-state index < -0.39 is 0 Å². The van der Waals surface area contributed by atoms with Crippen molar-refractivity contribution in [2.45, 2.75) is 17.5 Å². The first-order valence-electron chi connectivity index (χ1n) is 8.60. The number of H-pyrrole nitrogens is 1. The van der Waals surface area contributed by atoms with E-state index in [4.69, 9.17) is 16.3 Å². The molecule has 2 aromatic heterocycles. The smallest absolute Gasteiger partial charge is 0.191 e. The molecule has 0 saturated carbocycles. The van der Waals surface area contributed by atoms with Crippen LogP contribution in [0.3, 0.4) is 0 Å². The van der Waals surface area contributed by atoms with Gasteiger partial charge >= 0.3 is 0 Å². The predicted molar refractivity (Wildman–Crippen MR) is 111 cm³/mol. The molecular weight excluding hydrogens is 396 g/mol. The van der Waals surface area contributed by atoms with Gasteiger partial charge in [-0.05, 0) is 30.3 Å². The molecule has 142 valence electrons. The SMILES string of the molecule is Cn1c(COc2ccccc2)nnc1SCc1cc(=O)c2cc(Cl)ccc2[nH]1. The van der Waals surface area contributed by atoms with Crippen LogP contribution in [0.1, 0.15) is 11.5 Å². The summed E-state index contributed by atoms with van der Waals surface area (Å²) >= 11 is 7.47. The Bertz CT molecular complexity index is 1170. The van der Waals surface area contributed by atoms with Crippen molar-refractivity contribution in [2.24, 2.45) is 7.05 Å². The van der Waals surface area contributed by atoms with Gasteiger partial charge in [0.25, 0.3) is 0 Å². The number of ether oxygens (including phenoxy) is 1. The number of hydrogen-bond acceptors (Lipinski definition) is 5. The van der Waals surface area contributed by atoms with Crippen molar-refractivity contribution in [3.63, 3.8) is 0 Å². The van der Waals surface area contributed by atoms with Gasteiger partial charge < -0.3 is 14.3 Å². The summed E-state index contributed by atoms with van der Waals surface area (Å²) < 4.78 is 7.63. The van der Waals surface area contributed by atoms with Gasteiger partial charge in [-0.1, -0.05) is 41.6 Å². The molecule has 0 fully saturated rings. The third-order valence-electron chi connectivity index (χ3n) is 4.24. The fourth-order valence-corrected chi connectivity index (χ4v) is 3.77. The Morgan fingerprint density at radius 3 is 2.79 bits per heavy atom. The number of hydrogen-bond donors (Lipinski definition) is 1. The van der Waals surface area contributed by atoms with Crippen LogP contribution in [0.15, 0.2) is 64.5 Å². The van der Waals surface area contributed by atoms with Crippen LogP contribution < -0.4 is 10.2 Å². The summed E-state index contributed by atoms with van der Waals surface area (Å²) in [5.74, 6) is 2.08. The van der Waals surface area contributed by atoms with Crippen LogP contribution in [-0.4, -0.2) is 19.7 Å². The van der Waals surface area contributed by atoms with Gasteiger partial charge in [0.2, 0.25) is 0 Å². The molecule has 0 aliphatic rings. The van der Waals surface area contributed by atoms with Gasteiger partial charge in [-0.2, -0.15) is 0 Å². The van der Waals surface area contributed by atoms with Gasteiger partial charge in [-0.3, -0.25) is 4.79 Å². The Labute approximate surface area is 170 Å². The number of para-hydroxylation sites is 1. The molecule has 4 rings (SSSR count). The maximum atomic E-state index is 12.3. The average molecular weight is 413 g/mol. The average Bonchev–Trinajstić information content (AvgIpc) is 3.06. The monoisotopic (exact) mass is 412 g/mol. The van der Waals surface area contributed by atoms with Crippen molar-refractivity contribution >= 4 is 34.3 Å². The first kappa shape index (κ1) is 18.6. The Hall–Kier alpha value is -2.77. The van der Waals surface area contributed by atoms with Crippen molar-refractivity contribution < 1.29 is 4.74 Å². The Kier molecular flexibility index (Phi) is 5.36. The third-order valence-corrected chi connectivity index (χ3v) is 5.54. The lowest BCUT2D eigenvalue weighted by atomic mass is 10.2. The zero-order valence-electron chi connectivity index (χ0n) is 15.1. The van der Waals surface area contributed by atoms with Crippen LogP contribution in [-0.2, 0) is 19.4 Å². The van der Waals surface area contributed by atoms with Crippen LogP contribution in [0.2, 0.25) is 5.02 Å². The minimum Gasteiger partial charge on any atom is -0.486 e. The first-order valence-corrected chi connectivity index (χ1v) is 9.97. The number of nitrogens with one attached hydrogen (secondary N) is 1. The molecule has 1 N–H and O–H groups in total. The molecule has 6 nitrogen and oxygen atoms in total. The zero-order valence-corrected chi connectivity index (χ0v) is 16.6. The van der Waals surface area contributed by atoms with Crippen molar-refractivity contribution in [3.8, 4) is 5.75 Å². The fourth-order valence-electron chi connectivity index (χ4n) is 2.76. The molecule has 0 saturated heterocycles. The van der Waals surface area contributed by atoms with E-state index in [1.54, 1.807) is 18.2 Å². The van der Waals surface area contributed by atoms with E-state index in [0.717, 1.165) is 27.9 Å². The topological polar surface area (TPSA) is 72.8 Å². The second-order valence-electron chi connectivity index (χ2n) is 6.20. The molecule has 0 aliphatic carbocycles. The molecule has 0 atom stereocenters. The highest BCUT2D eigenvalue weighted by molar-refractivity contribution is 7.98. The Balaban J connectivity index is 1.45. The lowest BCUT2D eigenvalue weighted by Crippen LogP contribution is -2.05. The van der Waals surface area contributed by atoms with Gasteiger partial charge in [0, 0.05) is 40.5 Å². The van der Waals surface area contributed by atoms with E-state index in [1.807, 2.05) is 48.0 Å². The maximum Gasteiger partial charge on any atom is 0.191 e. The normalized spacial score (nSPS) is 11.1. The summed E-state index contributed by atoms with van der Waals surface area (Å²) in [6.45, 7) is 0.335. The van der Waals surface area contributed by atoms with Crippen LogP contribution >= 0.6 is 23.4 Å². The fraction of sp³-hybridized carbons (Fsp3) is 0.150. The number of benzene rings is 2. The standard InChI is InChI=1S/C20H17ClN4O2S/c1-25-19(11-27-15-5-3-2-4-6-15)23-24-20(25)28-12-14-10-18(26)16-9-13(21)7-8-17(16)22-14/h2-10H,11-12H2,1H3,(H,22,26). The van der Waals surface area contributed by atoms with Crippen LogP contribution in [0.5, 0.6) is 5.75 Å². The minimum atomic E-state index is -0.0539. The van der Waals surface area contributed by atoms with Crippen LogP contribution in [0.4, 0.5) is 0 Å². The summed E-state index contributed by atoms with van der Waals surface area (Å²) in [6, 6.07) is 16.4. The highest BCUT2D eigenvalue weighted by Gasteiger charge is 2.11. The van der Waals surface area contributed by atoms with E-state index >= 15 is 0 Å². The second kappa shape index (κ2) is 8.08. The molecule has 2 heterocycles. The van der Waals surface area contributed by atoms with E-state index in [0.29, 0.717) is 22.8 Å². The van der Waals surface area contributed by atoms with Crippen LogP contribution in [0, 0.1) is 0 Å². The van der Waals surface area contributed by atoms with Gasteiger partial charge in [0.05, 0.1) is 0 Å². The van der Waals surface area contributed by atoms with Crippen LogP contribution in [0.25, 0.3) is 10.9 Å². The highest BCUT2D eigenvalue weighted by atomic mass is 35.5. The summed E-state index contributed by atoms with van der Waals surface area (Å²) in [7, 11) is 1.90. The summed E-state index contributed by atoms with van der Waals surface area (Å²) in [5, 5.41) is 10.3. The molecule has 0 amide bonds. The predicted octanol–water partition coefficient (Wildman–Crippen LogP) is 4.18. The minimum absolute atomic E-state index is 0.0539. The van der Waals surface area contributed by atoms with Gasteiger partial charge in [-0.15, -0.1) is 10.2 Å². The third kappa shape index (κ3) is 4.05. The molecule has 2 aromatic carbocycles. The molecule has 0 bridgehead atoms. The van der Waals surface area contributed by atoms with Crippen molar-refractivity contribution in [1.82, 2.24) is 19.7 Å². The van der Waals surface area contributed by atoms with Gasteiger partial charge in [0.1, 0.15) is 12.4 Å². The van der Waals surface area contributed by atoms with Crippen molar-refractivity contribution in [1.29, 1.82) is 0 Å². The molecule has 0 spiro atoms. The number of nitrogens with zero attached hydrogens (tertiary/aromatic N) is 3. The summed E-state index contributed by atoms with van der Waals surface area (Å²) in [6.07, 6.45) is 0. The number of halogens is 1. The summed E-state index contributed by atoms with van der Waals surface area (Å²) in [5.41, 5.74) is 1.53. The molecule has 0 radical (unpaired) electrons. The largest absolute Gasteiger partial charge is 0.486 e. The van der Waals surface area contributed by atoms with E-state index in [-0.39, 0.29) is 5.43 Å². The highest BCUT2D eigenvalue weighted by Crippen LogP contribution is 2.22. The molecule has 4 aromatic rings. The van der Waals surface area contributed by atoms with Crippen molar-refractivity contribution in [3.05, 3.63) is 81.4 Å². The van der Waals surface area contributed by atoms with E-state index in [2.05, 4.69) is 15.2 Å². The number of fused-ring (bicyclic) bond motifs is 1. The molecule has 8 heteroatoms. The molecule has 0 aliphatic heterocycles. The van der Waals surface area contributed by atoms with Gasteiger partial charge in [-0.25, -0.2) is 0 Å².